The van der Waals surface area contributed by atoms with Crippen molar-refractivity contribution in [2.24, 2.45) is 0 Å². The van der Waals surface area contributed by atoms with E-state index in [4.69, 9.17) is 32.7 Å². The first-order valence-corrected chi connectivity index (χ1v) is 10.2. The number of hydrogen-bond acceptors (Lipinski definition) is 4. The van der Waals surface area contributed by atoms with E-state index in [0.717, 1.165) is 36.3 Å². The third-order valence-electron chi connectivity index (χ3n) is 4.71. The lowest BCUT2D eigenvalue weighted by Crippen LogP contribution is -2.13. The number of aryl methyl sites for hydroxylation is 2. The predicted octanol–water partition coefficient (Wildman–Crippen LogP) is 5.83. The molecule has 0 saturated heterocycles. The maximum Gasteiger partial charge on any atom is 0.255 e. The zero-order chi connectivity index (χ0) is 21.5. The van der Waals surface area contributed by atoms with E-state index < -0.39 is 0 Å². The molecule has 0 aliphatic rings. The molecule has 0 radical (unpaired) electrons. The molecule has 0 fully saturated rings. The summed E-state index contributed by atoms with van der Waals surface area (Å²) in [4.78, 5) is 16.6. The van der Waals surface area contributed by atoms with Crippen molar-refractivity contribution in [3.8, 4) is 11.5 Å². The van der Waals surface area contributed by atoms with E-state index in [0.29, 0.717) is 11.3 Å². The minimum Gasteiger partial charge on any atom is -0.497 e. The number of nitrogens with zero attached hydrogens (tertiary/aromatic N) is 1. The van der Waals surface area contributed by atoms with E-state index in [1.165, 1.54) is 18.0 Å². The summed E-state index contributed by atoms with van der Waals surface area (Å²) in [6, 6.07) is 13.4. The Hall–Kier alpha value is -2.76. The quantitative estimate of drug-likeness (QED) is 0.474. The maximum atomic E-state index is 12.7. The summed E-state index contributed by atoms with van der Waals surface area (Å²) in [6.07, 6.45) is 5.46. The zero-order valence-electron chi connectivity index (χ0n) is 16.7. The monoisotopic (exact) mass is 444 g/mol. The van der Waals surface area contributed by atoms with E-state index in [9.17, 15) is 4.79 Å². The highest BCUT2D eigenvalue weighted by Crippen LogP contribution is 2.30. The third-order valence-corrected chi connectivity index (χ3v) is 5.28. The molecule has 0 bridgehead atoms. The van der Waals surface area contributed by atoms with Gasteiger partial charge < -0.3 is 14.8 Å². The first-order valence-electron chi connectivity index (χ1n) is 9.42. The van der Waals surface area contributed by atoms with Crippen molar-refractivity contribution < 1.29 is 14.3 Å². The fourth-order valence-corrected chi connectivity index (χ4v) is 3.57. The number of methoxy groups -OCH3 is 2. The van der Waals surface area contributed by atoms with Gasteiger partial charge in [0.05, 0.1) is 30.0 Å². The average molecular weight is 445 g/mol. The van der Waals surface area contributed by atoms with Crippen molar-refractivity contribution in [2.45, 2.75) is 19.3 Å². The molecule has 7 heteroatoms. The summed E-state index contributed by atoms with van der Waals surface area (Å²) in [5.74, 6) is 1.29. The van der Waals surface area contributed by atoms with Crippen LogP contribution in [0.4, 0.5) is 5.69 Å². The number of rotatable bonds is 8. The lowest BCUT2D eigenvalue weighted by Gasteiger charge is -2.12. The first kappa shape index (κ1) is 21.9. The number of carbonyl (C=O) groups is 1. The number of nitrogens with one attached hydrogen (secondary N) is 1. The minimum absolute atomic E-state index is 0.282. The minimum atomic E-state index is -0.302. The van der Waals surface area contributed by atoms with Gasteiger partial charge >= 0.3 is 0 Å². The molecule has 3 aromatic rings. The van der Waals surface area contributed by atoms with Crippen LogP contribution in [-0.2, 0) is 12.8 Å². The van der Waals surface area contributed by atoms with Crippen molar-refractivity contribution >= 4 is 34.8 Å². The molecular formula is C23H22Cl2N2O3. The number of amides is 1. The highest BCUT2D eigenvalue weighted by Gasteiger charge is 2.14. The molecule has 3 rings (SSSR count). The Morgan fingerprint density at radius 2 is 1.67 bits per heavy atom. The van der Waals surface area contributed by atoms with E-state index in [1.54, 1.807) is 26.4 Å². The van der Waals surface area contributed by atoms with Gasteiger partial charge in [-0.15, -0.1) is 0 Å². The van der Waals surface area contributed by atoms with Crippen molar-refractivity contribution in [3.63, 3.8) is 0 Å². The van der Waals surface area contributed by atoms with Crippen molar-refractivity contribution in [3.05, 3.63) is 81.6 Å². The molecule has 5 nitrogen and oxygen atoms in total. The van der Waals surface area contributed by atoms with Crippen molar-refractivity contribution in [1.82, 2.24) is 4.98 Å². The maximum absolute atomic E-state index is 12.7. The Morgan fingerprint density at radius 1 is 0.967 bits per heavy atom. The second-order valence-corrected chi connectivity index (χ2v) is 7.47. The van der Waals surface area contributed by atoms with Crippen LogP contribution >= 0.6 is 23.2 Å². The van der Waals surface area contributed by atoms with E-state index in [-0.39, 0.29) is 16.0 Å². The summed E-state index contributed by atoms with van der Waals surface area (Å²) in [5.41, 5.74) is 3.03. The van der Waals surface area contributed by atoms with Crippen LogP contribution in [0.25, 0.3) is 0 Å². The highest BCUT2D eigenvalue weighted by molar-refractivity contribution is 6.39. The normalized spacial score (nSPS) is 10.5. The molecule has 30 heavy (non-hydrogen) atoms. The molecule has 0 atom stereocenters. The van der Waals surface area contributed by atoms with Crippen LogP contribution in [0.1, 0.15) is 27.9 Å². The lowest BCUT2D eigenvalue weighted by molar-refractivity contribution is 0.102. The molecule has 1 amide bonds. The molecule has 0 aliphatic heterocycles. The number of pyridine rings is 1. The van der Waals surface area contributed by atoms with Gasteiger partial charge in [-0.1, -0.05) is 35.3 Å². The van der Waals surface area contributed by atoms with E-state index >= 15 is 0 Å². The second-order valence-electron chi connectivity index (χ2n) is 6.66. The van der Waals surface area contributed by atoms with Crippen molar-refractivity contribution in [2.75, 3.05) is 19.5 Å². The Labute approximate surface area is 185 Å². The Kier molecular flexibility index (Phi) is 7.55. The van der Waals surface area contributed by atoms with Crippen LogP contribution in [0.2, 0.25) is 10.0 Å². The number of hydrogen-bond donors (Lipinski definition) is 1. The van der Waals surface area contributed by atoms with Gasteiger partial charge in [0.15, 0.2) is 0 Å². The van der Waals surface area contributed by atoms with Gasteiger partial charge in [-0.25, -0.2) is 0 Å². The zero-order valence-corrected chi connectivity index (χ0v) is 18.3. The average Bonchev–Trinajstić information content (AvgIpc) is 2.76. The number of benzene rings is 2. The SMILES string of the molecule is COc1ccc(CCCc2cc(C(=O)Nc3c(Cl)cncc3Cl)ccc2OC)cc1. The van der Waals surface area contributed by atoms with Crippen LogP contribution in [0.15, 0.2) is 54.9 Å². The highest BCUT2D eigenvalue weighted by atomic mass is 35.5. The fourth-order valence-electron chi connectivity index (χ4n) is 3.11. The first-order chi connectivity index (χ1) is 14.5. The topological polar surface area (TPSA) is 60.5 Å². The van der Waals surface area contributed by atoms with Crippen LogP contribution in [0, 0.1) is 0 Å². The van der Waals surface area contributed by atoms with Gasteiger partial charge in [0.1, 0.15) is 11.5 Å². The predicted molar refractivity (Wildman–Crippen MR) is 120 cm³/mol. The van der Waals surface area contributed by atoms with Crippen LogP contribution in [-0.4, -0.2) is 25.1 Å². The molecular weight excluding hydrogens is 423 g/mol. The Balaban J connectivity index is 1.70. The van der Waals surface area contributed by atoms with Gasteiger partial charge in [-0.05, 0) is 60.7 Å². The van der Waals surface area contributed by atoms with Gasteiger partial charge in [0, 0.05) is 18.0 Å². The van der Waals surface area contributed by atoms with Crippen LogP contribution < -0.4 is 14.8 Å². The fraction of sp³-hybridized carbons (Fsp3) is 0.217. The summed E-state index contributed by atoms with van der Waals surface area (Å²) in [6.45, 7) is 0. The molecule has 0 aliphatic carbocycles. The van der Waals surface area contributed by atoms with Gasteiger partial charge in [0.25, 0.3) is 5.91 Å². The summed E-state index contributed by atoms with van der Waals surface area (Å²) in [5, 5.41) is 3.32. The molecule has 0 saturated carbocycles. The van der Waals surface area contributed by atoms with E-state index in [2.05, 4.69) is 22.4 Å². The molecule has 156 valence electrons. The molecule has 1 N–H and O–H groups in total. The number of aromatic nitrogens is 1. The number of ether oxygens (including phenoxy) is 2. The standard InChI is InChI=1S/C23H22Cl2N2O3/c1-29-18-9-6-15(7-10-18)4-3-5-16-12-17(8-11-21(16)30-2)23(28)27-22-19(24)13-26-14-20(22)25/h6-14H,3-5H2,1-2H3,(H,26,27,28). The van der Waals surface area contributed by atoms with Crippen molar-refractivity contribution in [1.29, 1.82) is 0 Å². The summed E-state index contributed by atoms with van der Waals surface area (Å²) < 4.78 is 10.7. The molecule has 1 aromatic heterocycles. The summed E-state index contributed by atoms with van der Waals surface area (Å²) in [7, 11) is 3.28. The number of halogens is 2. The number of carbonyl (C=O) groups excluding carboxylic acids is 1. The van der Waals surface area contributed by atoms with Crippen LogP contribution in [0.3, 0.4) is 0 Å². The Bertz CT molecular complexity index is 1000. The molecule has 2 aromatic carbocycles. The largest absolute Gasteiger partial charge is 0.497 e. The van der Waals surface area contributed by atoms with Gasteiger partial charge in [0.2, 0.25) is 0 Å². The third kappa shape index (κ3) is 5.43. The number of anilines is 1. The molecule has 0 unspecified atom stereocenters. The summed E-state index contributed by atoms with van der Waals surface area (Å²) >= 11 is 12.2. The van der Waals surface area contributed by atoms with Gasteiger partial charge in [-0.3, -0.25) is 9.78 Å². The second kappa shape index (κ2) is 10.3. The van der Waals surface area contributed by atoms with E-state index in [1.807, 2.05) is 18.2 Å². The molecule has 0 spiro atoms. The smallest absolute Gasteiger partial charge is 0.255 e. The lowest BCUT2D eigenvalue weighted by atomic mass is 10.0. The van der Waals surface area contributed by atoms with Crippen LogP contribution in [0.5, 0.6) is 11.5 Å². The molecule has 1 heterocycles. The van der Waals surface area contributed by atoms with Gasteiger partial charge in [-0.2, -0.15) is 0 Å². The Morgan fingerprint density at radius 3 is 2.30 bits per heavy atom.